The maximum absolute atomic E-state index is 4.60. The fourth-order valence-corrected chi connectivity index (χ4v) is 1.99. The van der Waals surface area contributed by atoms with Crippen molar-refractivity contribution in [1.82, 2.24) is 19.7 Å². The van der Waals surface area contributed by atoms with Crippen LogP contribution in [0.25, 0.3) is 5.82 Å². The van der Waals surface area contributed by atoms with Crippen molar-refractivity contribution in [3.8, 4) is 5.82 Å². The number of hydrogen-bond acceptors (Lipinski definition) is 3. The molecule has 4 heteroatoms. The largest absolute Gasteiger partial charge is 0.241 e. The van der Waals surface area contributed by atoms with E-state index in [0.717, 1.165) is 42.9 Å². The van der Waals surface area contributed by atoms with Crippen LogP contribution < -0.4 is 0 Å². The summed E-state index contributed by atoms with van der Waals surface area (Å²) < 4.78 is 1.94. The lowest BCUT2D eigenvalue weighted by atomic mass is 10.2. The molecule has 2 rings (SSSR count). The summed E-state index contributed by atoms with van der Waals surface area (Å²) in [6.07, 6.45) is 5.62. The number of hydrogen-bond donors (Lipinski definition) is 0. The summed E-state index contributed by atoms with van der Waals surface area (Å²) in [5.74, 6) is 0.880. The van der Waals surface area contributed by atoms with Gasteiger partial charge in [-0.1, -0.05) is 27.2 Å². The van der Waals surface area contributed by atoms with Crippen molar-refractivity contribution in [2.45, 2.75) is 46.5 Å². The molecule has 0 N–H and O–H groups in total. The van der Waals surface area contributed by atoms with E-state index in [0.29, 0.717) is 0 Å². The quantitative estimate of drug-likeness (QED) is 0.812. The van der Waals surface area contributed by atoms with E-state index in [1.165, 1.54) is 5.69 Å². The lowest BCUT2D eigenvalue weighted by molar-refractivity contribution is 0.759. The van der Waals surface area contributed by atoms with Gasteiger partial charge in [-0.05, 0) is 25.3 Å². The Morgan fingerprint density at radius 2 is 1.83 bits per heavy atom. The highest BCUT2D eigenvalue weighted by Gasteiger charge is 2.09. The zero-order chi connectivity index (χ0) is 13.0. The molecule has 0 radical (unpaired) electrons. The molecule has 4 nitrogen and oxygen atoms in total. The first-order valence-corrected chi connectivity index (χ1v) is 6.67. The third-order valence-electron chi connectivity index (χ3n) is 2.99. The number of nitrogens with zero attached hydrogens (tertiary/aromatic N) is 4. The summed E-state index contributed by atoms with van der Waals surface area (Å²) in [4.78, 5) is 8.62. The normalized spacial score (nSPS) is 10.8. The van der Waals surface area contributed by atoms with E-state index >= 15 is 0 Å². The van der Waals surface area contributed by atoms with Crippen molar-refractivity contribution in [3.63, 3.8) is 0 Å². The van der Waals surface area contributed by atoms with Gasteiger partial charge < -0.3 is 0 Å². The van der Waals surface area contributed by atoms with Gasteiger partial charge in [0, 0.05) is 17.5 Å². The molecule has 96 valence electrons. The molecule has 0 spiro atoms. The fourth-order valence-electron chi connectivity index (χ4n) is 1.99. The SMILES string of the molecule is CCCc1cc(-n2nc(CC)cc2CC)ncn1. The van der Waals surface area contributed by atoms with Crippen molar-refractivity contribution in [2.24, 2.45) is 0 Å². The maximum atomic E-state index is 4.60. The summed E-state index contributed by atoms with van der Waals surface area (Å²) in [6.45, 7) is 6.41. The second-order valence-electron chi connectivity index (χ2n) is 4.36. The summed E-state index contributed by atoms with van der Waals surface area (Å²) in [5.41, 5.74) is 3.40. The van der Waals surface area contributed by atoms with E-state index in [-0.39, 0.29) is 0 Å². The standard InChI is InChI=1S/C14H20N4/c1-4-7-12-9-14(16-10-15-12)18-13(6-3)8-11(5-2)17-18/h8-10H,4-7H2,1-3H3. The Balaban J connectivity index is 2.40. The highest BCUT2D eigenvalue weighted by Crippen LogP contribution is 2.13. The molecule has 0 aliphatic heterocycles. The molecule has 0 amide bonds. The Labute approximate surface area is 108 Å². The van der Waals surface area contributed by atoms with Gasteiger partial charge in [0.1, 0.15) is 6.33 Å². The fraction of sp³-hybridized carbons (Fsp3) is 0.500. The van der Waals surface area contributed by atoms with Gasteiger partial charge in [-0.2, -0.15) is 5.10 Å². The van der Waals surface area contributed by atoms with Crippen LogP contribution in [-0.4, -0.2) is 19.7 Å². The molecule has 0 aliphatic carbocycles. The molecule has 2 aromatic rings. The first-order chi connectivity index (χ1) is 8.78. The van der Waals surface area contributed by atoms with Crippen LogP contribution in [0.1, 0.15) is 44.3 Å². The molecule has 0 aliphatic rings. The van der Waals surface area contributed by atoms with E-state index in [4.69, 9.17) is 0 Å². The molecule has 0 fully saturated rings. The number of rotatable bonds is 5. The topological polar surface area (TPSA) is 43.6 Å². The molecule has 2 aromatic heterocycles. The van der Waals surface area contributed by atoms with Gasteiger partial charge in [0.2, 0.25) is 0 Å². The predicted octanol–water partition coefficient (Wildman–Crippen LogP) is 2.74. The van der Waals surface area contributed by atoms with E-state index < -0.39 is 0 Å². The van der Waals surface area contributed by atoms with Crippen LogP contribution in [0.3, 0.4) is 0 Å². The molecular weight excluding hydrogens is 224 g/mol. The minimum absolute atomic E-state index is 0.880. The molecule has 0 saturated heterocycles. The number of aromatic nitrogens is 4. The first kappa shape index (κ1) is 12.7. The van der Waals surface area contributed by atoms with E-state index in [9.17, 15) is 0 Å². The van der Waals surface area contributed by atoms with Gasteiger partial charge in [0.15, 0.2) is 5.82 Å². The Morgan fingerprint density at radius 3 is 2.50 bits per heavy atom. The van der Waals surface area contributed by atoms with Gasteiger partial charge in [0.05, 0.1) is 5.69 Å². The minimum Gasteiger partial charge on any atom is -0.241 e. The Hall–Kier alpha value is -1.71. The van der Waals surface area contributed by atoms with Crippen LogP contribution in [0.2, 0.25) is 0 Å². The zero-order valence-corrected chi connectivity index (χ0v) is 11.3. The van der Waals surface area contributed by atoms with Crippen LogP contribution in [0, 0.1) is 0 Å². The average molecular weight is 244 g/mol. The second kappa shape index (κ2) is 5.76. The molecule has 0 aromatic carbocycles. The van der Waals surface area contributed by atoms with Gasteiger partial charge in [-0.15, -0.1) is 0 Å². The lowest BCUT2D eigenvalue weighted by Gasteiger charge is -2.06. The maximum Gasteiger partial charge on any atom is 0.157 e. The van der Waals surface area contributed by atoms with E-state index in [2.05, 4.69) is 41.9 Å². The third kappa shape index (κ3) is 2.58. The van der Waals surface area contributed by atoms with Crippen molar-refractivity contribution in [2.75, 3.05) is 0 Å². The summed E-state index contributed by atoms with van der Waals surface area (Å²) in [7, 11) is 0. The Kier molecular flexibility index (Phi) is 4.07. The van der Waals surface area contributed by atoms with Crippen molar-refractivity contribution in [1.29, 1.82) is 0 Å². The molecule has 18 heavy (non-hydrogen) atoms. The first-order valence-electron chi connectivity index (χ1n) is 6.67. The van der Waals surface area contributed by atoms with Gasteiger partial charge in [0.25, 0.3) is 0 Å². The average Bonchev–Trinajstić information content (AvgIpc) is 2.83. The smallest absolute Gasteiger partial charge is 0.157 e. The third-order valence-corrected chi connectivity index (χ3v) is 2.99. The molecule has 0 saturated carbocycles. The van der Waals surface area contributed by atoms with Crippen LogP contribution in [0.5, 0.6) is 0 Å². The summed E-state index contributed by atoms with van der Waals surface area (Å²) >= 11 is 0. The van der Waals surface area contributed by atoms with E-state index in [1.807, 2.05) is 10.7 Å². The van der Waals surface area contributed by atoms with Gasteiger partial charge in [-0.3, -0.25) is 0 Å². The minimum atomic E-state index is 0.880. The predicted molar refractivity (Wildman–Crippen MR) is 71.9 cm³/mol. The molecule has 0 unspecified atom stereocenters. The van der Waals surface area contributed by atoms with Gasteiger partial charge in [-0.25, -0.2) is 14.6 Å². The highest BCUT2D eigenvalue weighted by atomic mass is 15.3. The number of aryl methyl sites for hydroxylation is 3. The van der Waals surface area contributed by atoms with Crippen LogP contribution >= 0.6 is 0 Å². The second-order valence-corrected chi connectivity index (χ2v) is 4.36. The van der Waals surface area contributed by atoms with Crippen molar-refractivity contribution >= 4 is 0 Å². The van der Waals surface area contributed by atoms with Crippen LogP contribution in [0.15, 0.2) is 18.5 Å². The van der Waals surface area contributed by atoms with Crippen LogP contribution in [0.4, 0.5) is 0 Å². The molecule has 2 heterocycles. The van der Waals surface area contributed by atoms with Gasteiger partial charge >= 0.3 is 0 Å². The Bertz CT molecular complexity index is 516. The molecule has 0 atom stereocenters. The molecular formula is C14H20N4. The zero-order valence-electron chi connectivity index (χ0n) is 11.3. The van der Waals surface area contributed by atoms with Crippen molar-refractivity contribution < 1.29 is 0 Å². The summed E-state index contributed by atoms with van der Waals surface area (Å²) in [5, 5.41) is 4.60. The lowest BCUT2D eigenvalue weighted by Crippen LogP contribution is -2.05. The van der Waals surface area contributed by atoms with Crippen molar-refractivity contribution in [3.05, 3.63) is 35.5 Å². The van der Waals surface area contributed by atoms with E-state index in [1.54, 1.807) is 6.33 Å². The monoisotopic (exact) mass is 244 g/mol. The van der Waals surface area contributed by atoms with Crippen LogP contribution in [-0.2, 0) is 19.3 Å². The summed E-state index contributed by atoms with van der Waals surface area (Å²) in [6, 6.07) is 4.19. The highest BCUT2D eigenvalue weighted by molar-refractivity contribution is 5.27. The molecule has 0 bridgehead atoms. The Morgan fingerprint density at radius 1 is 1.00 bits per heavy atom.